The Bertz CT molecular complexity index is 864. The van der Waals surface area contributed by atoms with Crippen LogP contribution in [0.2, 0.25) is 0 Å². The summed E-state index contributed by atoms with van der Waals surface area (Å²) in [5, 5.41) is 0.470. The number of hydrogen-bond donors (Lipinski definition) is 0. The maximum Gasteiger partial charge on any atom is 0.196 e. The summed E-state index contributed by atoms with van der Waals surface area (Å²) in [6.45, 7) is 1.70. The Labute approximate surface area is 120 Å². The molecule has 0 fully saturated rings. The van der Waals surface area contributed by atoms with E-state index in [1.165, 1.54) is 12.1 Å². The molecule has 1 aromatic heterocycles. The van der Waals surface area contributed by atoms with Gasteiger partial charge >= 0.3 is 0 Å². The van der Waals surface area contributed by atoms with Crippen LogP contribution in [0.3, 0.4) is 0 Å². The molecule has 0 aliphatic carbocycles. The fourth-order valence-electron chi connectivity index (χ4n) is 2.27. The third-order valence-electron chi connectivity index (χ3n) is 3.43. The molecule has 3 aromatic rings. The fourth-order valence-corrected chi connectivity index (χ4v) is 2.27. The molecule has 0 amide bonds. The second-order valence-electron chi connectivity index (χ2n) is 4.75. The van der Waals surface area contributed by atoms with Crippen LogP contribution in [-0.2, 0) is 0 Å². The second kappa shape index (κ2) is 5.05. The number of ether oxygens (including phenoxy) is 1. The number of benzene rings is 2. The highest BCUT2D eigenvalue weighted by Gasteiger charge is 2.13. The van der Waals surface area contributed by atoms with Gasteiger partial charge in [0.25, 0.3) is 0 Å². The first-order chi connectivity index (χ1) is 10.1. The van der Waals surface area contributed by atoms with Gasteiger partial charge in [-0.1, -0.05) is 0 Å². The summed E-state index contributed by atoms with van der Waals surface area (Å²) < 4.78 is 24.0. The smallest absolute Gasteiger partial charge is 0.196 e. The summed E-state index contributed by atoms with van der Waals surface area (Å²) in [7, 11) is 1.54. The summed E-state index contributed by atoms with van der Waals surface area (Å²) in [5.74, 6) is 0.727. The minimum atomic E-state index is -0.329. The molecule has 0 N–H and O–H groups in total. The number of halogens is 1. The van der Waals surface area contributed by atoms with Crippen molar-refractivity contribution in [2.75, 3.05) is 7.11 Å². The Kier molecular flexibility index (Phi) is 3.22. The Hall–Kier alpha value is -2.62. The predicted octanol–water partition coefficient (Wildman–Crippen LogP) is 3.92. The number of methoxy groups -OCH3 is 1. The fraction of sp³-hybridized carbons (Fsp3) is 0.118. The lowest BCUT2D eigenvalue weighted by atomic mass is 10.1. The zero-order chi connectivity index (χ0) is 15.0. The average molecular weight is 284 g/mol. The van der Waals surface area contributed by atoms with Crippen molar-refractivity contribution in [3.8, 4) is 17.1 Å². The molecule has 0 saturated carbocycles. The average Bonchev–Trinajstić information content (AvgIpc) is 2.51. The van der Waals surface area contributed by atoms with E-state index in [1.54, 1.807) is 44.4 Å². The second-order valence-corrected chi connectivity index (χ2v) is 4.75. The third kappa shape index (κ3) is 2.29. The van der Waals surface area contributed by atoms with Gasteiger partial charge in [-0.15, -0.1) is 0 Å². The van der Waals surface area contributed by atoms with E-state index in [0.717, 1.165) is 0 Å². The van der Waals surface area contributed by atoms with Gasteiger partial charge in [0.05, 0.1) is 12.5 Å². The van der Waals surface area contributed by atoms with Gasteiger partial charge < -0.3 is 9.15 Å². The molecule has 21 heavy (non-hydrogen) atoms. The molecule has 3 nitrogen and oxygen atoms in total. The van der Waals surface area contributed by atoms with Gasteiger partial charge in [-0.2, -0.15) is 0 Å². The lowest BCUT2D eigenvalue weighted by molar-refractivity contribution is 0.415. The molecule has 106 valence electrons. The van der Waals surface area contributed by atoms with Crippen LogP contribution in [0.5, 0.6) is 5.75 Å². The molecule has 1 heterocycles. The number of fused-ring (bicyclic) bond motifs is 1. The molecule has 2 aromatic carbocycles. The molecule has 0 radical (unpaired) electrons. The highest BCUT2D eigenvalue weighted by atomic mass is 19.1. The minimum Gasteiger partial charge on any atom is -0.497 e. The van der Waals surface area contributed by atoms with Gasteiger partial charge in [-0.25, -0.2) is 4.39 Å². The lowest BCUT2D eigenvalue weighted by Crippen LogP contribution is -2.07. The van der Waals surface area contributed by atoms with Crippen molar-refractivity contribution in [3.63, 3.8) is 0 Å². The Morgan fingerprint density at radius 3 is 2.48 bits per heavy atom. The third-order valence-corrected chi connectivity index (χ3v) is 3.43. The highest BCUT2D eigenvalue weighted by molar-refractivity contribution is 5.81. The zero-order valence-corrected chi connectivity index (χ0v) is 11.6. The van der Waals surface area contributed by atoms with E-state index in [0.29, 0.717) is 33.6 Å². The van der Waals surface area contributed by atoms with Crippen molar-refractivity contribution in [2.24, 2.45) is 0 Å². The zero-order valence-electron chi connectivity index (χ0n) is 11.6. The first kappa shape index (κ1) is 13.4. The summed E-state index contributed by atoms with van der Waals surface area (Å²) in [6, 6.07) is 10.9. The Morgan fingerprint density at radius 2 is 1.81 bits per heavy atom. The van der Waals surface area contributed by atoms with Gasteiger partial charge in [0.15, 0.2) is 5.43 Å². The summed E-state index contributed by atoms with van der Waals surface area (Å²) in [4.78, 5) is 12.5. The van der Waals surface area contributed by atoms with Crippen LogP contribution in [0, 0.1) is 12.7 Å². The topological polar surface area (TPSA) is 39.4 Å². The van der Waals surface area contributed by atoms with Crippen LogP contribution >= 0.6 is 0 Å². The van der Waals surface area contributed by atoms with Gasteiger partial charge in [-0.3, -0.25) is 4.79 Å². The van der Waals surface area contributed by atoms with E-state index >= 15 is 0 Å². The van der Waals surface area contributed by atoms with Gasteiger partial charge in [0.1, 0.15) is 22.9 Å². The van der Waals surface area contributed by atoms with Crippen molar-refractivity contribution < 1.29 is 13.5 Å². The van der Waals surface area contributed by atoms with E-state index in [-0.39, 0.29) is 11.2 Å². The van der Waals surface area contributed by atoms with E-state index in [9.17, 15) is 9.18 Å². The quantitative estimate of drug-likeness (QED) is 0.716. The summed E-state index contributed by atoms with van der Waals surface area (Å²) >= 11 is 0. The molecule has 0 aliphatic heterocycles. The normalized spacial score (nSPS) is 10.8. The van der Waals surface area contributed by atoms with Crippen LogP contribution in [0.15, 0.2) is 51.7 Å². The van der Waals surface area contributed by atoms with Gasteiger partial charge in [0.2, 0.25) is 0 Å². The summed E-state index contributed by atoms with van der Waals surface area (Å²) in [6.07, 6.45) is 0. The van der Waals surface area contributed by atoms with E-state index in [4.69, 9.17) is 9.15 Å². The van der Waals surface area contributed by atoms with Crippen molar-refractivity contribution >= 4 is 11.0 Å². The lowest BCUT2D eigenvalue weighted by Gasteiger charge is -2.08. The maximum atomic E-state index is 13.0. The Morgan fingerprint density at radius 1 is 1.10 bits per heavy atom. The van der Waals surface area contributed by atoms with Crippen molar-refractivity contribution in [2.45, 2.75) is 6.92 Å². The molecule has 0 saturated heterocycles. The molecular formula is C17H13FO3. The van der Waals surface area contributed by atoms with Crippen molar-refractivity contribution in [3.05, 3.63) is 64.1 Å². The maximum absolute atomic E-state index is 13.0. The summed E-state index contributed by atoms with van der Waals surface area (Å²) in [5.41, 5.74) is 1.52. The van der Waals surface area contributed by atoms with Crippen LogP contribution in [0.1, 0.15) is 5.56 Å². The van der Waals surface area contributed by atoms with Crippen LogP contribution in [0.4, 0.5) is 4.39 Å². The first-order valence-electron chi connectivity index (χ1n) is 6.47. The van der Waals surface area contributed by atoms with E-state index in [2.05, 4.69) is 0 Å². The SMILES string of the molecule is COc1ccc2oc(-c3ccc(F)cc3)c(C)c(=O)c2c1. The van der Waals surface area contributed by atoms with Gasteiger partial charge in [0, 0.05) is 11.1 Å². The van der Waals surface area contributed by atoms with Crippen molar-refractivity contribution in [1.29, 1.82) is 0 Å². The van der Waals surface area contributed by atoms with Crippen LogP contribution in [0.25, 0.3) is 22.3 Å². The standard InChI is InChI=1S/C17H13FO3/c1-10-16(19)14-9-13(20-2)7-8-15(14)21-17(10)11-3-5-12(18)6-4-11/h3-9H,1-2H3. The molecule has 0 aliphatic rings. The van der Waals surface area contributed by atoms with Gasteiger partial charge in [-0.05, 0) is 49.4 Å². The molecule has 4 heteroatoms. The van der Waals surface area contributed by atoms with E-state index < -0.39 is 0 Å². The van der Waals surface area contributed by atoms with Crippen molar-refractivity contribution in [1.82, 2.24) is 0 Å². The molecule has 0 spiro atoms. The first-order valence-corrected chi connectivity index (χ1v) is 6.47. The van der Waals surface area contributed by atoms with E-state index in [1.807, 2.05) is 0 Å². The van der Waals surface area contributed by atoms with Crippen LogP contribution < -0.4 is 10.2 Å². The monoisotopic (exact) mass is 284 g/mol. The highest BCUT2D eigenvalue weighted by Crippen LogP contribution is 2.27. The minimum absolute atomic E-state index is 0.116. The molecule has 3 rings (SSSR count). The number of rotatable bonds is 2. The molecular weight excluding hydrogens is 271 g/mol. The molecule has 0 unspecified atom stereocenters. The van der Waals surface area contributed by atoms with Crippen LogP contribution in [-0.4, -0.2) is 7.11 Å². The Balaban J connectivity index is 2.28. The molecule has 0 bridgehead atoms. The predicted molar refractivity (Wildman–Crippen MR) is 79.2 cm³/mol. The largest absolute Gasteiger partial charge is 0.497 e. The molecule has 0 atom stereocenters. The number of hydrogen-bond acceptors (Lipinski definition) is 3.